The Hall–Kier alpha value is -12.7. The van der Waals surface area contributed by atoms with Crippen molar-refractivity contribution >= 4 is 183 Å². The number of benzene rings is 4. The third kappa shape index (κ3) is 25.4. The van der Waals surface area contributed by atoms with E-state index >= 15 is 0 Å². The van der Waals surface area contributed by atoms with E-state index in [1.165, 1.54) is 23.6 Å². The van der Waals surface area contributed by atoms with Gasteiger partial charge in [0.1, 0.15) is 57.8 Å². The lowest BCUT2D eigenvalue weighted by Gasteiger charge is -2.52. The molecule has 34 nitrogen and oxygen atoms in total. The number of rotatable bonds is 32. The van der Waals surface area contributed by atoms with Crippen molar-refractivity contribution in [2.45, 2.75) is 183 Å². The molecule has 0 atom stereocenters. The standard InChI is InChI=1S/C27H33ClN6O4.C26H31ClFN5O3.C25H30ClN5O3.C23H26ClN5O3/c1-5-20(35)13-37-23-11-18-10-19(6-7-22(18)34(17(2)3)25(23)36)30-24-21(28)12-29-26(31-24)33-8-9-38-27(16-33)14-32(4)15-27;1-5-19(34)15-36-22-13-17-12-18(6-7-21(17)33(16(2)3)24(22)35)30-23-20(27)14-29-25(31-23)32-10-8-26(4,28)9-11-32;1-3-10-31-21-9-8-18(13-17(21)14-22(24(31)33)34-16-19(32)4-2)28-23-20(26)15-27-25(29-23)30-11-6-5-7-12-30;1-3-17(30)14-32-20-12-15-11-16(7-8-19(15)28(2)22(20)31)26-21-18(24)13-25-23(27-21)29-9-5-4-6-10-29/h6-7,10-12,17H,5,8-9,13-16H2,1-4H3,(H,29,30,31);6-7,12-14,16H,5,8-11,15H2,1-4H3,(H,29,30,31);8-9,13-15H,3-7,10-12,16H2,1-2H3,(H,27,28,29);7-8,11-13H,3-6,9-10,14H2,1-2H3,(H,25,26,27). The maximum atomic E-state index is 14.2. The fourth-order valence-electron chi connectivity index (χ4n) is 17.1. The molecule has 17 rings (SSSR count). The summed E-state index contributed by atoms with van der Waals surface area (Å²) in [6.45, 7) is 27.1. The predicted octanol–water partition coefficient (Wildman–Crippen LogP) is 18.1. The fourth-order valence-corrected chi connectivity index (χ4v) is 17.7. The zero-order chi connectivity index (χ0) is 99.8. The molecule has 0 aliphatic carbocycles. The smallest absolute Gasteiger partial charge is 0.293 e. The number of pyridine rings is 4. The number of hydrogen-bond acceptors (Lipinski definition) is 30. The number of aromatic nitrogens is 12. The van der Waals surface area contributed by atoms with E-state index in [2.05, 4.69) is 82.8 Å². The largest absolute Gasteiger partial charge is 0.480 e. The van der Waals surface area contributed by atoms with Crippen LogP contribution in [-0.4, -0.2) is 203 Å². The zero-order valence-electron chi connectivity index (χ0n) is 81.0. The van der Waals surface area contributed by atoms with Crippen LogP contribution in [0.25, 0.3) is 43.6 Å². The van der Waals surface area contributed by atoms with E-state index in [4.69, 9.17) is 75.1 Å². The minimum absolute atomic E-state index is 0.0557. The van der Waals surface area contributed by atoms with Gasteiger partial charge in [-0.1, -0.05) is 81.0 Å². The molecular formula is C101H120Cl4FN21O13. The Morgan fingerprint density at radius 1 is 0.414 bits per heavy atom. The van der Waals surface area contributed by atoms with Crippen LogP contribution in [0.15, 0.2) is 141 Å². The van der Waals surface area contributed by atoms with E-state index in [1.807, 2.05) is 112 Å². The number of piperidine rings is 3. The van der Waals surface area contributed by atoms with Gasteiger partial charge in [-0.25, -0.2) is 24.3 Å². The molecule has 1 spiro atoms. The molecule has 4 aromatic carbocycles. The number of nitrogens with zero attached hydrogens (tertiary/aromatic N) is 17. The van der Waals surface area contributed by atoms with E-state index in [1.54, 1.807) is 98.2 Å². The number of anilines is 12. The van der Waals surface area contributed by atoms with Crippen molar-refractivity contribution in [2.24, 2.45) is 7.05 Å². The SMILES string of the molecule is CCC(=O)COc1cc2cc(Nc3nc(N4CCC(C)(F)CC4)ncc3Cl)ccc2n(C(C)C)c1=O.CCC(=O)COc1cc2cc(Nc3nc(N4CCCCC4)ncc3Cl)ccc2n(C)c1=O.CCC(=O)COc1cc2cc(Nc3nc(N4CCOC5(CN(C)C5)C4)ncc3Cl)ccc2n(C(C)C)c1=O.CCCn1c(=O)c(OCC(=O)CC)cc2cc(Nc3nc(N4CCCCC4)ncc3Cl)ccc21. The molecular weight excluding hydrogens is 1880 g/mol. The molecule has 742 valence electrons. The van der Waals surface area contributed by atoms with Crippen LogP contribution >= 0.6 is 46.4 Å². The van der Waals surface area contributed by atoms with E-state index in [0.717, 1.165) is 139 Å². The lowest BCUT2D eigenvalue weighted by Crippen LogP contribution is -2.69. The molecule has 5 aliphatic rings. The third-order valence-electron chi connectivity index (χ3n) is 24.9. The topological polar surface area (TPSA) is 370 Å². The zero-order valence-corrected chi connectivity index (χ0v) is 84.0. The number of fused-ring (bicyclic) bond motifs is 4. The number of morpholine rings is 1. The van der Waals surface area contributed by atoms with Gasteiger partial charge in [-0.2, -0.15) is 19.9 Å². The molecule has 8 aromatic heterocycles. The number of aryl methyl sites for hydroxylation is 2. The number of carbonyl (C=O) groups is 4. The van der Waals surface area contributed by atoms with Gasteiger partial charge < -0.3 is 87.7 Å². The minimum atomic E-state index is -1.17. The quantitative estimate of drug-likeness (QED) is 0.0304. The Morgan fingerprint density at radius 3 is 1.09 bits per heavy atom. The second-order valence-electron chi connectivity index (χ2n) is 36.3. The molecule has 140 heavy (non-hydrogen) atoms. The van der Waals surface area contributed by atoms with Gasteiger partial charge in [0, 0.05) is 155 Å². The minimum Gasteiger partial charge on any atom is -0.480 e. The molecule has 13 heterocycles. The van der Waals surface area contributed by atoms with Crippen molar-refractivity contribution in [1.29, 1.82) is 0 Å². The number of likely N-dealkylation sites (tertiary alicyclic amines) is 1. The number of likely N-dealkylation sites (N-methyl/N-ethyl adjacent to an activating group) is 1. The van der Waals surface area contributed by atoms with Gasteiger partial charge in [0.25, 0.3) is 22.2 Å². The molecule has 0 radical (unpaired) electrons. The summed E-state index contributed by atoms with van der Waals surface area (Å²) in [5.74, 6) is 4.71. The van der Waals surface area contributed by atoms with Gasteiger partial charge >= 0.3 is 0 Å². The normalized spacial score (nSPS) is 15.1. The van der Waals surface area contributed by atoms with Crippen molar-refractivity contribution in [1.82, 2.24) is 63.0 Å². The van der Waals surface area contributed by atoms with Crippen LogP contribution in [0, 0.1) is 0 Å². The summed E-state index contributed by atoms with van der Waals surface area (Å²) < 4.78 is 49.1. The Labute approximate surface area is 830 Å². The second kappa shape index (κ2) is 46.6. The first-order valence-corrected chi connectivity index (χ1v) is 49.2. The molecule has 12 aromatic rings. The van der Waals surface area contributed by atoms with Crippen molar-refractivity contribution < 1.29 is 47.3 Å². The first-order valence-electron chi connectivity index (χ1n) is 47.7. The molecule has 4 N–H and O–H groups in total. The number of halogens is 5. The van der Waals surface area contributed by atoms with E-state index < -0.39 is 5.67 Å². The van der Waals surface area contributed by atoms with Crippen molar-refractivity contribution in [3.8, 4) is 23.0 Å². The Morgan fingerprint density at radius 2 is 0.736 bits per heavy atom. The Bertz CT molecular complexity index is 6790. The molecule has 5 fully saturated rings. The van der Waals surface area contributed by atoms with Gasteiger partial charge in [0.05, 0.1) is 60.0 Å². The number of ether oxygens (including phenoxy) is 5. The number of Topliss-reactive ketones (excluding diaryl/α,β-unsaturated/α-hetero) is 4. The summed E-state index contributed by atoms with van der Waals surface area (Å²) in [4.78, 5) is 145. The van der Waals surface area contributed by atoms with Crippen LogP contribution in [0.1, 0.15) is 165 Å². The molecule has 39 heteroatoms. The number of ketones is 4. The highest BCUT2D eigenvalue weighted by Crippen LogP contribution is 2.38. The van der Waals surface area contributed by atoms with Gasteiger partial charge in [0.2, 0.25) is 23.8 Å². The van der Waals surface area contributed by atoms with E-state index in [0.29, 0.717) is 144 Å². The number of alkyl halides is 1. The summed E-state index contributed by atoms with van der Waals surface area (Å²) in [6.07, 6.45) is 16.4. The van der Waals surface area contributed by atoms with Crippen molar-refractivity contribution in [3.05, 3.63) is 183 Å². The molecule has 0 bridgehead atoms. The van der Waals surface area contributed by atoms with Crippen molar-refractivity contribution in [2.75, 3.05) is 146 Å². The van der Waals surface area contributed by atoms with Crippen LogP contribution in [0.4, 0.5) is 74.2 Å². The predicted molar refractivity (Wildman–Crippen MR) is 551 cm³/mol. The van der Waals surface area contributed by atoms with Gasteiger partial charge in [0.15, 0.2) is 69.4 Å². The van der Waals surface area contributed by atoms with Crippen LogP contribution in [0.3, 0.4) is 0 Å². The highest BCUT2D eigenvalue weighted by Gasteiger charge is 2.46. The average Bonchev–Trinajstić information content (AvgIpc) is 0.729. The van der Waals surface area contributed by atoms with Crippen LogP contribution in [-0.2, 0) is 37.5 Å². The number of hydrogen-bond donors (Lipinski definition) is 4. The first kappa shape index (κ1) is 103. The highest BCUT2D eigenvalue weighted by molar-refractivity contribution is 6.34. The van der Waals surface area contributed by atoms with Gasteiger partial charge in [-0.15, -0.1) is 0 Å². The molecule has 0 unspecified atom stereocenters. The second-order valence-corrected chi connectivity index (χ2v) is 37.9. The first-order chi connectivity index (χ1) is 67.2. The monoisotopic (exact) mass is 1990 g/mol. The summed E-state index contributed by atoms with van der Waals surface area (Å²) in [5.41, 5.74) is 3.64. The van der Waals surface area contributed by atoms with Crippen molar-refractivity contribution in [3.63, 3.8) is 0 Å². The maximum Gasteiger partial charge on any atom is 0.293 e. The lowest BCUT2D eigenvalue weighted by atomic mass is 9.93. The summed E-state index contributed by atoms with van der Waals surface area (Å²) in [6, 6.07) is 29.0. The summed E-state index contributed by atoms with van der Waals surface area (Å²) in [7, 11) is 3.76. The van der Waals surface area contributed by atoms with Crippen LogP contribution in [0.2, 0.25) is 20.1 Å². The van der Waals surface area contributed by atoms with Crippen LogP contribution in [0.5, 0.6) is 23.0 Å². The molecule has 0 amide bonds. The average molecular weight is 2000 g/mol. The number of carbonyl (C=O) groups excluding carboxylic acids is 4. The maximum absolute atomic E-state index is 14.2. The Kier molecular flexibility index (Phi) is 34.4. The number of nitrogens with one attached hydrogen (secondary N) is 4. The van der Waals surface area contributed by atoms with E-state index in [-0.39, 0.29) is 112 Å². The highest BCUT2D eigenvalue weighted by atomic mass is 35.5. The van der Waals surface area contributed by atoms with E-state index in [9.17, 15) is 42.7 Å². The fraction of sp³-hybridized carbons (Fsp3) is 0.446. The Balaban J connectivity index is 0.000000149. The molecule has 5 aliphatic heterocycles. The molecule has 5 saturated heterocycles. The van der Waals surface area contributed by atoms with Gasteiger partial charge in [-0.3, -0.25) is 38.4 Å². The summed E-state index contributed by atoms with van der Waals surface area (Å²) >= 11 is 25.6. The van der Waals surface area contributed by atoms with Gasteiger partial charge in [-0.05, 0) is 197 Å². The summed E-state index contributed by atoms with van der Waals surface area (Å²) in [5, 5.41) is 17.9. The molecule has 0 saturated carbocycles. The lowest BCUT2D eigenvalue weighted by molar-refractivity contribution is -0.141. The van der Waals surface area contributed by atoms with Crippen LogP contribution < -0.4 is 82.1 Å². The third-order valence-corrected chi connectivity index (χ3v) is 26.0.